The first kappa shape index (κ1) is 20.2. The summed E-state index contributed by atoms with van der Waals surface area (Å²) in [6.45, 7) is 4.74. The molecule has 1 amide bonds. The van der Waals surface area contributed by atoms with Crippen LogP contribution < -0.4 is 4.90 Å². The standard InChI is InChI=1S/C24H27F2N3O2/c25-17-3-6-19(7-4-17)29-22-8-5-18(26)15-20(22)21-16-27(12-9-23(21)29)10-1-2-11-28-13-14-31-24(28)30/h3-8,15,21,23H,1-2,9-14,16H2/t21-,23+/m0/s1. The molecule has 0 saturated carbocycles. The summed E-state index contributed by atoms with van der Waals surface area (Å²) in [6, 6.07) is 11.9. The molecule has 0 bridgehead atoms. The number of ether oxygens (including phenoxy) is 1. The molecule has 0 radical (unpaired) electrons. The number of piperidine rings is 1. The van der Waals surface area contributed by atoms with Gasteiger partial charge in [0.25, 0.3) is 0 Å². The minimum absolute atomic E-state index is 0.203. The molecule has 2 fully saturated rings. The molecule has 3 heterocycles. The van der Waals surface area contributed by atoms with Gasteiger partial charge in [0.05, 0.1) is 6.54 Å². The first-order chi connectivity index (χ1) is 15.1. The van der Waals surface area contributed by atoms with Gasteiger partial charge in [0.2, 0.25) is 0 Å². The van der Waals surface area contributed by atoms with Crippen molar-refractivity contribution in [3.05, 3.63) is 59.7 Å². The van der Waals surface area contributed by atoms with Crippen molar-refractivity contribution in [2.45, 2.75) is 31.2 Å². The van der Waals surface area contributed by atoms with Crippen LogP contribution in [0.1, 0.15) is 30.7 Å². The van der Waals surface area contributed by atoms with Gasteiger partial charge in [-0.3, -0.25) is 0 Å². The van der Waals surface area contributed by atoms with Gasteiger partial charge < -0.3 is 19.4 Å². The normalized spacial score (nSPS) is 23.1. The van der Waals surface area contributed by atoms with E-state index in [0.717, 1.165) is 62.4 Å². The Balaban J connectivity index is 1.26. The van der Waals surface area contributed by atoms with Gasteiger partial charge in [-0.25, -0.2) is 13.6 Å². The van der Waals surface area contributed by atoms with E-state index in [4.69, 9.17) is 4.74 Å². The van der Waals surface area contributed by atoms with E-state index in [1.807, 2.05) is 6.07 Å². The molecule has 7 heteroatoms. The zero-order valence-electron chi connectivity index (χ0n) is 17.5. The highest BCUT2D eigenvalue weighted by atomic mass is 19.1. The number of carbonyl (C=O) groups excluding carboxylic acids is 1. The number of cyclic esters (lactones) is 1. The van der Waals surface area contributed by atoms with Gasteiger partial charge in [-0.2, -0.15) is 0 Å². The molecule has 0 N–H and O–H groups in total. The first-order valence-electron chi connectivity index (χ1n) is 11.1. The smallest absolute Gasteiger partial charge is 0.409 e. The molecule has 0 spiro atoms. The van der Waals surface area contributed by atoms with Crippen LogP contribution in [0.15, 0.2) is 42.5 Å². The van der Waals surface area contributed by atoms with Gasteiger partial charge in [-0.15, -0.1) is 0 Å². The zero-order chi connectivity index (χ0) is 21.4. The molecule has 5 rings (SSSR count). The van der Waals surface area contributed by atoms with Crippen LogP contribution in [0.2, 0.25) is 0 Å². The lowest BCUT2D eigenvalue weighted by atomic mass is 9.89. The number of rotatable bonds is 6. The summed E-state index contributed by atoms with van der Waals surface area (Å²) < 4.78 is 32.6. The molecule has 0 aliphatic carbocycles. The van der Waals surface area contributed by atoms with Gasteiger partial charge in [0.15, 0.2) is 0 Å². The number of fused-ring (bicyclic) bond motifs is 3. The third-order valence-electron chi connectivity index (χ3n) is 6.74. The Morgan fingerprint density at radius 1 is 0.968 bits per heavy atom. The fourth-order valence-corrected chi connectivity index (χ4v) is 5.24. The molecular weight excluding hydrogens is 400 g/mol. The molecule has 5 nitrogen and oxygen atoms in total. The average Bonchev–Trinajstić information content (AvgIpc) is 3.32. The summed E-state index contributed by atoms with van der Waals surface area (Å²) in [6.07, 6.45) is 2.73. The Kier molecular flexibility index (Phi) is 5.52. The number of hydrogen-bond acceptors (Lipinski definition) is 4. The fourth-order valence-electron chi connectivity index (χ4n) is 5.24. The molecule has 3 aliphatic heterocycles. The lowest BCUT2D eigenvalue weighted by Gasteiger charge is -2.39. The number of nitrogens with zero attached hydrogens (tertiary/aromatic N) is 3. The average molecular weight is 427 g/mol. The molecule has 3 aliphatic rings. The number of likely N-dealkylation sites (tertiary alicyclic amines) is 1. The number of halogens is 2. The number of amides is 1. The monoisotopic (exact) mass is 427 g/mol. The van der Waals surface area contributed by atoms with Crippen LogP contribution in [0.3, 0.4) is 0 Å². The van der Waals surface area contributed by atoms with Crippen LogP contribution in [0.25, 0.3) is 0 Å². The molecule has 2 aromatic carbocycles. The minimum atomic E-state index is -0.254. The molecule has 2 aromatic rings. The molecule has 2 atom stereocenters. The van der Waals surface area contributed by atoms with Crippen molar-refractivity contribution >= 4 is 17.5 Å². The quantitative estimate of drug-likeness (QED) is 0.636. The molecule has 0 unspecified atom stereocenters. The summed E-state index contributed by atoms with van der Waals surface area (Å²) in [5.41, 5.74) is 3.02. The first-order valence-corrected chi connectivity index (χ1v) is 11.1. The van der Waals surface area contributed by atoms with E-state index < -0.39 is 0 Å². The number of carbonyl (C=O) groups is 1. The maximum atomic E-state index is 14.1. The van der Waals surface area contributed by atoms with Gasteiger partial charge in [-0.1, -0.05) is 0 Å². The largest absolute Gasteiger partial charge is 0.448 e. The van der Waals surface area contributed by atoms with Crippen LogP contribution in [-0.4, -0.2) is 61.3 Å². The summed E-state index contributed by atoms with van der Waals surface area (Å²) in [5.74, 6) is -0.248. The Hall–Kier alpha value is -2.67. The van der Waals surface area contributed by atoms with E-state index in [1.54, 1.807) is 23.1 Å². The van der Waals surface area contributed by atoms with E-state index in [9.17, 15) is 13.6 Å². The predicted molar refractivity (Wildman–Crippen MR) is 115 cm³/mol. The van der Waals surface area contributed by atoms with Gasteiger partial charge in [0, 0.05) is 43.0 Å². The fraction of sp³-hybridized carbons (Fsp3) is 0.458. The predicted octanol–water partition coefficient (Wildman–Crippen LogP) is 4.51. The Labute approximate surface area is 181 Å². The maximum absolute atomic E-state index is 14.1. The van der Waals surface area contributed by atoms with Crippen molar-refractivity contribution in [3.63, 3.8) is 0 Å². The van der Waals surface area contributed by atoms with Crippen LogP contribution in [-0.2, 0) is 4.74 Å². The van der Waals surface area contributed by atoms with E-state index in [1.165, 1.54) is 18.2 Å². The highest BCUT2D eigenvalue weighted by Gasteiger charge is 2.42. The summed E-state index contributed by atoms with van der Waals surface area (Å²) in [7, 11) is 0. The van der Waals surface area contributed by atoms with Crippen molar-refractivity contribution in [3.8, 4) is 0 Å². The molecule has 0 aromatic heterocycles. The van der Waals surface area contributed by atoms with Gasteiger partial charge in [0.1, 0.15) is 18.2 Å². The molecule has 31 heavy (non-hydrogen) atoms. The third kappa shape index (κ3) is 3.99. The van der Waals surface area contributed by atoms with Gasteiger partial charge >= 0.3 is 6.09 Å². The minimum Gasteiger partial charge on any atom is -0.448 e. The molecular formula is C24H27F2N3O2. The highest BCUT2D eigenvalue weighted by Crippen LogP contribution is 2.48. The van der Waals surface area contributed by atoms with Crippen molar-refractivity contribution < 1.29 is 18.3 Å². The van der Waals surface area contributed by atoms with E-state index in [0.29, 0.717) is 13.2 Å². The Morgan fingerprint density at radius 2 is 1.74 bits per heavy atom. The van der Waals surface area contributed by atoms with Crippen molar-refractivity contribution in [2.75, 3.05) is 44.2 Å². The second kappa shape index (κ2) is 8.46. The number of anilines is 2. The zero-order valence-corrected chi connectivity index (χ0v) is 17.5. The number of hydrogen-bond donors (Lipinski definition) is 0. The molecule has 2 saturated heterocycles. The van der Waals surface area contributed by atoms with Crippen molar-refractivity contribution in [1.82, 2.24) is 9.80 Å². The van der Waals surface area contributed by atoms with Crippen LogP contribution >= 0.6 is 0 Å². The SMILES string of the molecule is O=C1OCCN1CCCCN1CC[C@@H]2[C@@H](C1)c1cc(F)ccc1N2c1ccc(F)cc1. The maximum Gasteiger partial charge on any atom is 0.409 e. The summed E-state index contributed by atoms with van der Waals surface area (Å²) in [4.78, 5) is 18.0. The van der Waals surface area contributed by atoms with E-state index in [-0.39, 0.29) is 29.7 Å². The lowest BCUT2D eigenvalue weighted by Crippen LogP contribution is -2.45. The van der Waals surface area contributed by atoms with Crippen LogP contribution in [0, 0.1) is 11.6 Å². The lowest BCUT2D eigenvalue weighted by molar-refractivity contribution is 0.156. The Bertz CT molecular complexity index is 952. The van der Waals surface area contributed by atoms with Crippen molar-refractivity contribution in [2.24, 2.45) is 0 Å². The number of benzene rings is 2. The van der Waals surface area contributed by atoms with E-state index in [2.05, 4.69) is 9.80 Å². The van der Waals surface area contributed by atoms with E-state index >= 15 is 0 Å². The van der Waals surface area contributed by atoms with Crippen LogP contribution in [0.4, 0.5) is 25.0 Å². The van der Waals surface area contributed by atoms with Gasteiger partial charge in [-0.05, 0) is 73.8 Å². The van der Waals surface area contributed by atoms with Crippen LogP contribution in [0.5, 0.6) is 0 Å². The summed E-state index contributed by atoms with van der Waals surface area (Å²) >= 11 is 0. The summed E-state index contributed by atoms with van der Waals surface area (Å²) in [5, 5.41) is 0. The second-order valence-corrected chi connectivity index (χ2v) is 8.62. The topological polar surface area (TPSA) is 36.0 Å². The third-order valence-corrected chi connectivity index (χ3v) is 6.74. The highest BCUT2D eigenvalue weighted by molar-refractivity contribution is 5.73. The Morgan fingerprint density at radius 3 is 2.52 bits per heavy atom. The molecule has 164 valence electrons. The second-order valence-electron chi connectivity index (χ2n) is 8.62. The number of unbranched alkanes of at least 4 members (excludes halogenated alkanes) is 1. The van der Waals surface area contributed by atoms with Crippen molar-refractivity contribution in [1.29, 1.82) is 0 Å².